The number of halogens is 3. The predicted octanol–water partition coefficient (Wildman–Crippen LogP) is 4.93. The smallest absolute Gasteiger partial charge is 0.497 e. The van der Waals surface area contributed by atoms with E-state index in [1.165, 1.54) is 37.4 Å². The third kappa shape index (κ3) is 6.17. The molecule has 0 aliphatic carbocycles. The van der Waals surface area contributed by atoms with Gasteiger partial charge in [0.05, 0.1) is 19.8 Å². The monoisotopic (exact) mass is 490 g/mol. The molecule has 7 nitrogen and oxygen atoms in total. The number of methoxy groups -OCH3 is 2. The highest BCUT2D eigenvalue weighted by Gasteiger charge is 2.49. The number of alkyl halides is 3. The van der Waals surface area contributed by atoms with Crippen LogP contribution in [0.15, 0.2) is 36.4 Å². The summed E-state index contributed by atoms with van der Waals surface area (Å²) < 4.78 is 83.2. The standard InChI is InChI=1S/C22H25F3O7S/c1-13-7-12-16(32-33(27,28)22(23,24)25)18(14-8-10-15(29-5)11-9-14)17(13)19(20(26)30-6)31-21(2,3)4/h7-12,19H,1-6H3. The summed E-state index contributed by atoms with van der Waals surface area (Å²) in [6.07, 6.45) is -1.38. The minimum Gasteiger partial charge on any atom is -0.497 e. The molecule has 0 heterocycles. The number of hydrogen-bond donors (Lipinski definition) is 0. The van der Waals surface area contributed by atoms with E-state index in [2.05, 4.69) is 4.18 Å². The van der Waals surface area contributed by atoms with Crippen LogP contribution in [-0.2, 0) is 24.4 Å². The molecular weight excluding hydrogens is 465 g/mol. The molecule has 2 rings (SSSR count). The van der Waals surface area contributed by atoms with E-state index in [9.17, 15) is 26.4 Å². The summed E-state index contributed by atoms with van der Waals surface area (Å²) in [5.74, 6) is -0.989. The third-order valence-corrected chi connectivity index (χ3v) is 5.40. The van der Waals surface area contributed by atoms with E-state index >= 15 is 0 Å². The van der Waals surface area contributed by atoms with E-state index < -0.39 is 39.1 Å². The first-order valence-electron chi connectivity index (χ1n) is 9.65. The maximum atomic E-state index is 13.1. The van der Waals surface area contributed by atoms with Gasteiger partial charge in [0.1, 0.15) is 5.75 Å². The Kier molecular flexibility index (Phi) is 7.70. The molecule has 0 aliphatic rings. The maximum absolute atomic E-state index is 13.1. The first-order valence-corrected chi connectivity index (χ1v) is 11.1. The molecule has 0 saturated carbocycles. The van der Waals surface area contributed by atoms with Crippen molar-refractivity contribution >= 4 is 16.1 Å². The molecule has 0 saturated heterocycles. The molecule has 0 amide bonds. The van der Waals surface area contributed by atoms with Crippen molar-refractivity contribution in [2.24, 2.45) is 0 Å². The van der Waals surface area contributed by atoms with Crippen LogP contribution in [0.1, 0.15) is 38.0 Å². The van der Waals surface area contributed by atoms with Gasteiger partial charge in [-0.05, 0) is 57.0 Å². The Balaban J connectivity index is 2.88. The summed E-state index contributed by atoms with van der Waals surface area (Å²) in [5.41, 5.74) is -5.76. The number of ether oxygens (including phenoxy) is 3. The Bertz CT molecular complexity index is 1100. The molecule has 2 aromatic carbocycles. The molecule has 0 N–H and O–H groups in total. The SMILES string of the molecule is COC(=O)C(OC(C)(C)C)c1c(C)ccc(OS(=O)(=O)C(F)(F)F)c1-c1ccc(OC)cc1. The fraction of sp³-hybridized carbons (Fsp3) is 0.409. The molecule has 2 aromatic rings. The van der Waals surface area contributed by atoms with Crippen molar-refractivity contribution in [2.75, 3.05) is 14.2 Å². The van der Waals surface area contributed by atoms with Gasteiger partial charge in [0.25, 0.3) is 0 Å². The minimum atomic E-state index is -5.99. The number of hydrogen-bond acceptors (Lipinski definition) is 7. The van der Waals surface area contributed by atoms with Gasteiger partial charge in [-0.3, -0.25) is 0 Å². The van der Waals surface area contributed by atoms with Crippen molar-refractivity contribution in [3.63, 3.8) is 0 Å². The number of esters is 1. The highest BCUT2D eigenvalue weighted by Crippen LogP contribution is 2.43. The molecule has 1 unspecified atom stereocenters. The van der Waals surface area contributed by atoms with Crippen molar-refractivity contribution in [3.8, 4) is 22.6 Å². The second kappa shape index (κ2) is 9.60. The molecule has 0 bridgehead atoms. The number of benzene rings is 2. The van der Waals surface area contributed by atoms with Gasteiger partial charge in [0.2, 0.25) is 0 Å². The van der Waals surface area contributed by atoms with Crippen molar-refractivity contribution in [3.05, 3.63) is 47.5 Å². The topological polar surface area (TPSA) is 88.1 Å². The molecule has 1 atom stereocenters. The first-order chi connectivity index (χ1) is 15.1. The summed E-state index contributed by atoms with van der Waals surface area (Å²) >= 11 is 0. The van der Waals surface area contributed by atoms with Gasteiger partial charge in [0.15, 0.2) is 11.9 Å². The second-order valence-electron chi connectivity index (χ2n) is 8.01. The normalized spacial score (nSPS) is 13.4. The zero-order valence-corrected chi connectivity index (χ0v) is 19.8. The summed E-state index contributed by atoms with van der Waals surface area (Å²) in [6.45, 7) is 6.64. The highest BCUT2D eigenvalue weighted by atomic mass is 32.2. The average Bonchev–Trinajstić information content (AvgIpc) is 2.71. The van der Waals surface area contributed by atoms with Crippen molar-refractivity contribution in [2.45, 2.75) is 44.9 Å². The van der Waals surface area contributed by atoms with Crippen LogP contribution in [0, 0.1) is 6.92 Å². The lowest BCUT2D eigenvalue weighted by Gasteiger charge is -2.29. The lowest BCUT2D eigenvalue weighted by atomic mass is 9.91. The predicted molar refractivity (Wildman–Crippen MR) is 114 cm³/mol. The van der Waals surface area contributed by atoms with E-state index in [1.54, 1.807) is 27.7 Å². The van der Waals surface area contributed by atoms with E-state index in [-0.39, 0.29) is 16.7 Å². The van der Waals surface area contributed by atoms with Crippen LogP contribution in [0.5, 0.6) is 11.5 Å². The third-order valence-electron chi connectivity index (χ3n) is 4.44. The Morgan fingerprint density at radius 2 is 1.55 bits per heavy atom. The zero-order chi connectivity index (χ0) is 25.2. The molecule has 0 radical (unpaired) electrons. The van der Waals surface area contributed by atoms with Gasteiger partial charge in [-0.25, -0.2) is 4.79 Å². The van der Waals surface area contributed by atoms with E-state index in [0.717, 1.165) is 13.2 Å². The fourth-order valence-corrected chi connectivity index (χ4v) is 3.49. The largest absolute Gasteiger partial charge is 0.534 e. The van der Waals surface area contributed by atoms with Gasteiger partial charge in [-0.1, -0.05) is 18.2 Å². The summed E-state index contributed by atoms with van der Waals surface area (Å²) in [4.78, 5) is 12.7. The van der Waals surface area contributed by atoms with Gasteiger partial charge >= 0.3 is 21.6 Å². The molecule has 0 spiro atoms. The molecule has 0 aromatic heterocycles. The number of aryl methyl sites for hydroxylation is 1. The second-order valence-corrected chi connectivity index (χ2v) is 9.55. The van der Waals surface area contributed by atoms with E-state index in [4.69, 9.17) is 14.2 Å². The Labute approximate surface area is 190 Å². The van der Waals surface area contributed by atoms with Crippen molar-refractivity contribution in [1.29, 1.82) is 0 Å². The van der Waals surface area contributed by atoms with Crippen LogP contribution in [0.4, 0.5) is 13.2 Å². The molecule has 33 heavy (non-hydrogen) atoms. The first kappa shape index (κ1) is 26.5. The van der Waals surface area contributed by atoms with Gasteiger partial charge in [-0.15, -0.1) is 0 Å². The minimum absolute atomic E-state index is 0.0647. The average molecular weight is 490 g/mol. The Morgan fingerprint density at radius 1 is 0.970 bits per heavy atom. The van der Waals surface area contributed by atoms with Crippen LogP contribution in [0.3, 0.4) is 0 Å². The van der Waals surface area contributed by atoms with E-state index in [1.807, 2.05) is 0 Å². The summed E-state index contributed by atoms with van der Waals surface area (Å²) in [5, 5.41) is 0. The maximum Gasteiger partial charge on any atom is 0.534 e. The molecule has 0 fully saturated rings. The zero-order valence-electron chi connectivity index (χ0n) is 18.9. The molecule has 0 aliphatic heterocycles. The lowest BCUT2D eigenvalue weighted by Crippen LogP contribution is -2.30. The van der Waals surface area contributed by atoms with Crippen LogP contribution < -0.4 is 8.92 Å². The van der Waals surface area contributed by atoms with Crippen LogP contribution in [0.2, 0.25) is 0 Å². The number of carbonyl (C=O) groups is 1. The Hall–Kier alpha value is -2.79. The van der Waals surface area contributed by atoms with Gasteiger partial charge < -0.3 is 18.4 Å². The highest BCUT2D eigenvalue weighted by molar-refractivity contribution is 7.88. The quantitative estimate of drug-likeness (QED) is 0.309. The van der Waals surface area contributed by atoms with Crippen LogP contribution in [-0.4, -0.2) is 39.7 Å². The molecular formula is C22H25F3O7S. The van der Waals surface area contributed by atoms with Gasteiger partial charge in [-0.2, -0.15) is 21.6 Å². The fourth-order valence-electron chi connectivity index (χ4n) is 3.02. The van der Waals surface area contributed by atoms with Gasteiger partial charge in [0, 0.05) is 11.1 Å². The van der Waals surface area contributed by atoms with Crippen molar-refractivity contribution < 1.29 is 44.8 Å². The van der Waals surface area contributed by atoms with Crippen molar-refractivity contribution in [1.82, 2.24) is 0 Å². The number of carbonyl (C=O) groups excluding carboxylic acids is 1. The lowest BCUT2D eigenvalue weighted by molar-refractivity contribution is -0.164. The Morgan fingerprint density at radius 3 is 2.00 bits per heavy atom. The van der Waals surface area contributed by atoms with E-state index in [0.29, 0.717) is 11.3 Å². The summed E-state index contributed by atoms with van der Waals surface area (Å²) in [6, 6.07) is 8.48. The molecule has 11 heteroatoms. The number of rotatable bonds is 7. The van der Waals surface area contributed by atoms with Crippen LogP contribution >= 0.6 is 0 Å². The van der Waals surface area contributed by atoms with Crippen LogP contribution in [0.25, 0.3) is 11.1 Å². The molecule has 182 valence electrons. The summed E-state index contributed by atoms with van der Waals surface area (Å²) in [7, 11) is -3.42.